The van der Waals surface area contributed by atoms with Gasteiger partial charge in [0.1, 0.15) is 0 Å². The number of Topliss-reactive ketones (excluding diaryl/α,β-unsaturated/α-hetero) is 5. The molecule has 5 fully saturated rings. The number of carbonyl (C=O) groups excluding carboxylic acids is 10. The van der Waals surface area contributed by atoms with Crippen molar-refractivity contribution in [2.75, 3.05) is 174 Å². The van der Waals surface area contributed by atoms with Crippen molar-refractivity contribution in [3.8, 4) is 0 Å². The van der Waals surface area contributed by atoms with Gasteiger partial charge in [0.15, 0.2) is 78.1 Å². The van der Waals surface area contributed by atoms with Gasteiger partial charge >= 0.3 is 0 Å². The molecule has 20 rings (SSSR count). The molecular weight excluding hydrogens is 1990 g/mol. The van der Waals surface area contributed by atoms with E-state index in [1.807, 2.05) is 66.0 Å². The summed E-state index contributed by atoms with van der Waals surface area (Å²) in [6, 6.07) is 36.9. The van der Waals surface area contributed by atoms with Crippen LogP contribution >= 0.6 is 23.5 Å². The monoisotopic (exact) mass is 2090 g/mol. The van der Waals surface area contributed by atoms with Crippen LogP contribution in [0.15, 0.2) is 272 Å². The Balaban J connectivity index is 0.000000130. The van der Waals surface area contributed by atoms with Crippen molar-refractivity contribution in [3.63, 3.8) is 0 Å². The largest absolute Gasteiger partial charge is 0.378 e. The van der Waals surface area contributed by atoms with Crippen LogP contribution in [-0.4, -0.2) is 253 Å². The summed E-state index contributed by atoms with van der Waals surface area (Å²) in [4.78, 5) is 151. The molecule has 750 valence electrons. The van der Waals surface area contributed by atoms with Crippen molar-refractivity contribution in [1.82, 2.24) is 30.6 Å². The van der Waals surface area contributed by atoms with Gasteiger partial charge in [-0.3, -0.25) is 67.9 Å². The van der Waals surface area contributed by atoms with Crippen molar-refractivity contribution in [3.05, 3.63) is 315 Å². The average Bonchev–Trinajstić information content (AvgIpc) is 0.774. The van der Waals surface area contributed by atoms with E-state index in [4.69, 9.17) is 4.74 Å². The first-order chi connectivity index (χ1) is 69.3. The summed E-state index contributed by atoms with van der Waals surface area (Å²) in [7, 11) is -18.2. The second kappa shape index (κ2) is 44.3. The summed E-state index contributed by atoms with van der Waals surface area (Å²) in [6.45, 7) is 9.66. The molecule has 0 atom stereocenters. The van der Waals surface area contributed by atoms with E-state index in [0.717, 1.165) is 173 Å². The predicted molar refractivity (Wildman–Crippen MR) is 555 cm³/mol. The number of fused-ring (bicyclic) bond motifs is 5. The topological polar surface area (TPSA) is 496 Å². The summed E-state index contributed by atoms with van der Waals surface area (Å²) < 4.78 is 126. The molecule has 6 aromatic carbocycles. The fourth-order valence-electron chi connectivity index (χ4n) is 18.4. The van der Waals surface area contributed by atoms with Gasteiger partial charge < -0.3 is 56.7 Å². The Labute approximate surface area is 846 Å². The van der Waals surface area contributed by atoms with Crippen LogP contribution in [-0.2, 0) is 53.9 Å². The zero-order chi connectivity index (χ0) is 103. The number of aromatic nitrogens is 4. The molecule has 145 heavy (non-hydrogen) atoms. The van der Waals surface area contributed by atoms with Crippen molar-refractivity contribution < 1.29 is 94.8 Å². The molecule has 10 aliphatic rings. The summed E-state index contributed by atoms with van der Waals surface area (Å²) >= 11 is 3.83. The Morgan fingerprint density at radius 3 is 0.966 bits per heavy atom. The number of pyridine rings is 4. The molecule has 9 heterocycles. The lowest BCUT2D eigenvalue weighted by atomic mass is 9.90. The molecule has 0 spiro atoms. The van der Waals surface area contributed by atoms with Crippen LogP contribution in [0.1, 0.15) is 152 Å². The number of hydrogen-bond donors (Lipinski definition) is 7. The molecule has 10 aromatic rings. The van der Waals surface area contributed by atoms with E-state index in [9.17, 15) is 90.0 Å². The quantitative estimate of drug-likeness (QED) is 0.0372. The number of benzene rings is 6. The molecule has 5 aliphatic heterocycles. The maximum atomic E-state index is 13.0. The van der Waals surface area contributed by atoms with Gasteiger partial charge in [-0.15, -0.1) is 0 Å². The molecule has 0 radical (unpaired) electrons. The number of anilines is 8. The van der Waals surface area contributed by atoms with Crippen LogP contribution in [0, 0.1) is 0 Å². The number of hydrogen-bond acceptors (Lipinski definition) is 37. The number of nitrogens with zero attached hydrogens (tertiary/aromatic N) is 7. The van der Waals surface area contributed by atoms with Crippen LogP contribution in [0.4, 0.5) is 45.5 Å². The zero-order valence-corrected chi connectivity index (χ0v) is 84.9. The van der Waals surface area contributed by atoms with Gasteiger partial charge in [0.05, 0.1) is 159 Å². The van der Waals surface area contributed by atoms with E-state index >= 15 is 0 Å². The Morgan fingerprint density at radius 1 is 0.317 bits per heavy atom. The number of morpholine rings is 1. The number of nitrogens with one attached hydrogen (secondary N) is 7. The predicted octanol–water partition coefficient (Wildman–Crippen LogP) is 11.8. The molecular formula is C103H100N14O21S7. The maximum Gasteiger partial charge on any atom is 0.210 e. The van der Waals surface area contributed by atoms with E-state index in [-0.39, 0.29) is 109 Å². The summed E-state index contributed by atoms with van der Waals surface area (Å²) in [5.41, 5.74) is 8.89. The molecule has 35 nitrogen and oxygen atoms in total. The van der Waals surface area contributed by atoms with Gasteiger partial charge in [-0.05, 0) is 140 Å². The average molecular weight is 2090 g/mol. The van der Waals surface area contributed by atoms with Crippen molar-refractivity contribution in [1.29, 1.82) is 0 Å². The van der Waals surface area contributed by atoms with Crippen LogP contribution in [0.25, 0.3) is 0 Å². The summed E-state index contributed by atoms with van der Waals surface area (Å²) in [6.07, 6.45) is 28.5. The highest BCUT2D eigenvalue weighted by Gasteiger charge is 2.39. The number of thioether (sulfide) groups is 2. The lowest BCUT2D eigenvalue weighted by Gasteiger charge is -2.31. The molecule has 0 bridgehead atoms. The molecule has 0 amide bonds. The Hall–Kier alpha value is -14.0. The van der Waals surface area contributed by atoms with Crippen molar-refractivity contribution >= 4 is 176 Å². The Morgan fingerprint density at radius 2 is 0.614 bits per heavy atom. The minimum Gasteiger partial charge on any atom is -0.378 e. The number of piperazine rings is 1. The van der Waals surface area contributed by atoms with Crippen molar-refractivity contribution in [2.24, 2.45) is 0 Å². The number of ether oxygens (including phenoxy) is 1. The second-order valence-electron chi connectivity index (χ2n) is 35.2. The molecule has 4 aromatic heterocycles. The number of piperidine rings is 1. The van der Waals surface area contributed by atoms with E-state index in [1.165, 1.54) is 115 Å². The van der Waals surface area contributed by atoms with Gasteiger partial charge in [0.2, 0.25) is 28.9 Å². The van der Waals surface area contributed by atoms with E-state index < -0.39 is 107 Å². The highest BCUT2D eigenvalue weighted by Crippen LogP contribution is 2.41. The van der Waals surface area contributed by atoms with Crippen LogP contribution in [0.3, 0.4) is 0 Å². The third kappa shape index (κ3) is 23.7. The number of carbonyl (C=O) groups is 10. The lowest BCUT2D eigenvalue weighted by molar-refractivity contribution is 0.0983. The molecule has 0 saturated carbocycles. The van der Waals surface area contributed by atoms with E-state index in [2.05, 4.69) is 77.9 Å². The zero-order valence-electron chi connectivity index (χ0n) is 79.1. The normalized spacial score (nSPS) is 17.2. The minimum absolute atomic E-state index is 0.0472. The lowest BCUT2D eigenvalue weighted by Crippen LogP contribution is -2.43. The fourth-order valence-corrected chi connectivity index (χ4v) is 24.9. The standard InChI is InChI=1S/C22H22N2O4S.C21H20N2O4S2.C20H20N4O4S.C20H19N3O5S.C20H19N3O4S2/c1-29(27,28)20-7-3-6-17-21(20)19(25)13-18(22(17)26)24-16-5-2-4-15(12-16)14-8-10-23-11-9-14;1-29(26,27)19-4-2-3-15-20(19)18(24)11-16(21(15)25)23-17-12-22-8-5-14(17)13-6-9-28-10-7-13;1-29(27,28)18-4-2-3-13-19(18)17(25)11-14(20(13)26)23-15-12-22-6-5-16(15)24-9-7-21-8-10-24;2*1-29(26,27)18-4-2-3-13-19(18)17(24)11-14(20(13)25)22-15-12-21-6-5-16(15)23-7-9-28-10-8-23/h2-7,12-14,23-24H,8-11H2,1H3;2-5,8,11-13,23H,6-7,9-10H2,1H3;2-6,11-12,21,23H,7-10H2,1H3;2*2-6,11-12,22H,7-10H2,1H3. The molecule has 42 heteroatoms. The first kappa shape index (κ1) is 104. The molecule has 7 N–H and O–H groups in total. The number of sulfone groups is 5. The second-order valence-corrected chi connectivity index (χ2v) is 47.6. The number of ketones is 10. The van der Waals surface area contributed by atoms with Gasteiger partial charge in [-0.2, -0.15) is 23.5 Å². The third-order valence-electron chi connectivity index (χ3n) is 25.3. The fraction of sp³-hybridized carbons (Fsp3) is 0.262. The third-order valence-corrected chi connectivity index (χ3v) is 33.0. The van der Waals surface area contributed by atoms with Crippen LogP contribution in [0.2, 0.25) is 0 Å². The number of allylic oxidation sites excluding steroid dienone is 10. The maximum absolute atomic E-state index is 13.0. The van der Waals surface area contributed by atoms with Crippen molar-refractivity contribution in [2.45, 2.75) is 62.0 Å². The Bertz CT molecular complexity index is 7050. The molecule has 5 aliphatic carbocycles. The van der Waals surface area contributed by atoms with Gasteiger partial charge in [-0.25, -0.2) is 42.1 Å². The minimum atomic E-state index is -3.65. The SMILES string of the molecule is CS(=O)(=O)c1cccc2c1C(=O)C=C(Nc1cccc(C3CCNCC3)c1)C2=O.CS(=O)(=O)c1cccc2c1C(=O)C=C(Nc1cnccc1C1CCSCC1)C2=O.CS(=O)(=O)c1cccc2c1C(=O)C=C(Nc1cnccc1N1CCNCC1)C2=O.CS(=O)(=O)c1cccc2c1C(=O)C=C(Nc1cnccc1N1CCOCC1)C2=O.CS(=O)(=O)c1cccc2c1C(=O)C=C(Nc1cnccc1N1CCSCC1)C2=O. The van der Waals surface area contributed by atoms with Gasteiger partial charge in [-0.1, -0.05) is 72.8 Å². The van der Waals surface area contributed by atoms with E-state index in [0.29, 0.717) is 60.9 Å². The molecule has 5 saturated heterocycles. The molecule has 0 unspecified atom stereocenters. The highest BCUT2D eigenvalue weighted by molar-refractivity contribution is 7.99. The first-order valence-electron chi connectivity index (χ1n) is 46.1. The van der Waals surface area contributed by atoms with Gasteiger partial charge in [0, 0.05) is 184 Å². The smallest absolute Gasteiger partial charge is 0.210 e. The summed E-state index contributed by atoms with van der Waals surface area (Å²) in [5, 5.41) is 21.9. The number of rotatable bonds is 20. The van der Waals surface area contributed by atoms with E-state index in [1.54, 1.807) is 49.6 Å². The van der Waals surface area contributed by atoms with Gasteiger partial charge in [0.25, 0.3) is 0 Å². The highest BCUT2D eigenvalue weighted by atomic mass is 32.2. The van der Waals surface area contributed by atoms with Crippen LogP contribution < -0.4 is 51.9 Å². The summed E-state index contributed by atoms with van der Waals surface area (Å²) in [5.74, 6) is 0.427. The Kier molecular flexibility index (Phi) is 31.8. The van der Waals surface area contributed by atoms with Crippen LogP contribution in [0.5, 0.6) is 0 Å². The first-order valence-corrected chi connectivity index (χ1v) is 57.8.